The standard InChI is InChI=1S/C16H13FN2O2S/c1-21-14-7-6-10(8-12(14)17)9-22-16-18-13-5-3-2-4-11(13)15(20)19-16/h2-8H,9H2,1H3,(H,18,19,20). The molecular formula is C16H13FN2O2S. The van der Waals surface area contributed by atoms with E-state index >= 15 is 0 Å². The van der Waals surface area contributed by atoms with Crippen LogP contribution in [0.1, 0.15) is 5.56 Å². The van der Waals surface area contributed by atoms with E-state index in [9.17, 15) is 9.18 Å². The predicted molar refractivity (Wildman–Crippen MR) is 84.9 cm³/mol. The van der Waals surface area contributed by atoms with Crippen LogP contribution >= 0.6 is 11.8 Å². The lowest BCUT2D eigenvalue weighted by Crippen LogP contribution is -2.08. The van der Waals surface area contributed by atoms with Gasteiger partial charge < -0.3 is 9.72 Å². The Bertz CT molecular complexity index is 879. The van der Waals surface area contributed by atoms with Crippen LogP contribution in [0.4, 0.5) is 4.39 Å². The van der Waals surface area contributed by atoms with Crippen molar-refractivity contribution >= 4 is 22.7 Å². The summed E-state index contributed by atoms with van der Waals surface area (Å²) in [6.07, 6.45) is 0. The minimum absolute atomic E-state index is 0.172. The van der Waals surface area contributed by atoms with Gasteiger partial charge in [-0.2, -0.15) is 0 Å². The minimum Gasteiger partial charge on any atom is -0.494 e. The molecule has 0 bridgehead atoms. The Morgan fingerprint density at radius 1 is 1.27 bits per heavy atom. The van der Waals surface area contributed by atoms with Gasteiger partial charge in [0.1, 0.15) is 0 Å². The van der Waals surface area contributed by atoms with Gasteiger partial charge in [0.2, 0.25) is 0 Å². The first-order valence-electron chi connectivity index (χ1n) is 6.61. The quantitative estimate of drug-likeness (QED) is 0.592. The first-order valence-corrected chi connectivity index (χ1v) is 7.60. The Morgan fingerprint density at radius 3 is 2.86 bits per heavy atom. The topological polar surface area (TPSA) is 55.0 Å². The van der Waals surface area contributed by atoms with Crippen LogP contribution in [-0.2, 0) is 5.75 Å². The van der Waals surface area contributed by atoms with E-state index in [4.69, 9.17) is 4.74 Å². The maximum absolute atomic E-state index is 13.6. The van der Waals surface area contributed by atoms with Crippen LogP contribution in [0.3, 0.4) is 0 Å². The molecule has 1 heterocycles. The van der Waals surface area contributed by atoms with Crippen molar-refractivity contribution in [1.29, 1.82) is 0 Å². The van der Waals surface area contributed by atoms with E-state index in [1.165, 1.54) is 24.9 Å². The molecule has 0 aliphatic carbocycles. The molecule has 0 radical (unpaired) electrons. The second-order valence-corrected chi connectivity index (χ2v) is 5.61. The number of aromatic nitrogens is 2. The molecule has 2 aromatic carbocycles. The van der Waals surface area contributed by atoms with Crippen molar-refractivity contribution in [2.75, 3.05) is 7.11 Å². The molecule has 0 fully saturated rings. The SMILES string of the molecule is COc1ccc(CSc2nc3ccccc3c(=O)[nH]2)cc1F. The van der Waals surface area contributed by atoms with Crippen LogP contribution in [0.5, 0.6) is 5.75 Å². The monoisotopic (exact) mass is 316 g/mol. The molecule has 0 amide bonds. The van der Waals surface area contributed by atoms with E-state index in [1.54, 1.807) is 30.3 Å². The number of aromatic amines is 1. The van der Waals surface area contributed by atoms with Gasteiger partial charge in [0.15, 0.2) is 16.7 Å². The number of H-pyrrole nitrogens is 1. The van der Waals surface area contributed by atoms with Crippen LogP contribution < -0.4 is 10.3 Å². The number of thioether (sulfide) groups is 1. The van der Waals surface area contributed by atoms with Gasteiger partial charge in [-0.1, -0.05) is 30.0 Å². The van der Waals surface area contributed by atoms with E-state index in [0.29, 0.717) is 21.8 Å². The molecule has 0 aliphatic rings. The molecule has 3 aromatic rings. The van der Waals surface area contributed by atoms with Crippen molar-refractivity contribution in [2.24, 2.45) is 0 Å². The lowest BCUT2D eigenvalue weighted by Gasteiger charge is -2.05. The highest BCUT2D eigenvalue weighted by Crippen LogP contribution is 2.23. The van der Waals surface area contributed by atoms with Gasteiger partial charge in [0.25, 0.3) is 5.56 Å². The van der Waals surface area contributed by atoms with Gasteiger partial charge in [0.05, 0.1) is 18.0 Å². The van der Waals surface area contributed by atoms with Crippen molar-refractivity contribution in [3.8, 4) is 5.75 Å². The van der Waals surface area contributed by atoms with Gasteiger partial charge in [0, 0.05) is 5.75 Å². The predicted octanol–water partition coefficient (Wildman–Crippen LogP) is 3.36. The second-order valence-electron chi connectivity index (χ2n) is 4.65. The van der Waals surface area contributed by atoms with Crippen LogP contribution in [0, 0.1) is 5.82 Å². The van der Waals surface area contributed by atoms with E-state index in [1.807, 2.05) is 6.07 Å². The van der Waals surface area contributed by atoms with Crippen LogP contribution in [0.25, 0.3) is 10.9 Å². The molecule has 4 nitrogen and oxygen atoms in total. The number of hydrogen-bond donors (Lipinski definition) is 1. The zero-order chi connectivity index (χ0) is 15.5. The van der Waals surface area contributed by atoms with Gasteiger partial charge >= 0.3 is 0 Å². The van der Waals surface area contributed by atoms with E-state index < -0.39 is 5.82 Å². The van der Waals surface area contributed by atoms with E-state index in [0.717, 1.165) is 5.56 Å². The molecule has 1 N–H and O–H groups in total. The Labute approximate surface area is 130 Å². The summed E-state index contributed by atoms with van der Waals surface area (Å²) < 4.78 is 18.5. The Hall–Kier alpha value is -2.34. The summed E-state index contributed by atoms with van der Waals surface area (Å²) in [5, 5.41) is 1.07. The third kappa shape index (κ3) is 2.96. The number of ether oxygens (including phenoxy) is 1. The number of fused-ring (bicyclic) bond motifs is 1. The summed E-state index contributed by atoms with van der Waals surface area (Å²) in [5.74, 6) is 0.314. The maximum atomic E-state index is 13.6. The highest BCUT2D eigenvalue weighted by molar-refractivity contribution is 7.98. The first kappa shape index (κ1) is 14.6. The number of benzene rings is 2. The summed E-state index contributed by atoms with van der Waals surface area (Å²) in [7, 11) is 1.43. The van der Waals surface area contributed by atoms with Crippen LogP contribution in [-0.4, -0.2) is 17.1 Å². The molecule has 0 saturated heterocycles. The number of nitrogens with zero attached hydrogens (tertiary/aromatic N) is 1. The normalized spacial score (nSPS) is 10.8. The molecule has 1 aromatic heterocycles. The fraction of sp³-hybridized carbons (Fsp3) is 0.125. The smallest absolute Gasteiger partial charge is 0.259 e. The summed E-state index contributed by atoms with van der Waals surface area (Å²) >= 11 is 1.35. The molecule has 6 heteroatoms. The van der Waals surface area contributed by atoms with Crippen molar-refractivity contribution in [3.63, 3.8) is 0 Å². The third-order valence-corrected chi connectivity index (χ3v) is 4.13. The molecule has 0 atom stereocenters. The Kier molecular flexibility index (Phi) is 4.11. The summed E-state index contributed by atoms with van der Waals surface area (Å²) in [6.45, 7) is 0. The Balaban J connectivity index is 1.82. The fourth-order valence-corrected chi connectivity index (χ4v) is 2.90. The van der Waals surface area contributed by atoms with Gasteiger partial charge in [-0.15, -0.1) is 0 Å². The molecular weight excluding hydrogens is 303 g/mol. The van der Waals surface area contributed by atoms with Gasteiger partial charge in [-0.05, 0) is 29.8 Å². The number of halogens is 1. The summed E-state index contributed by atoms with van der Waals surface area (Å²) in [4.78, 5) is 19.1. The van der Waals surface area contributed by atoms with Crippen molar-refractivity contribution in [2.45, 2.75) is 10.9 Å². The first-order chi connectivity index (χ1) is 10.7. The maximum Gasteiger partial charge on any atom is 0.259 e. The third-order valence-electron chi connectivity index (χ3n) is 3.18. The molecule has 0 saturated carbocycles. The number of nitrogens with one attached hydrogen (secondary N) is 1. The fourth-order valence-electron chi connectivity index (χ4n) is 2.08. The zero-order valence-electron chi connectivity index (χ0n) is 11.8. The molecule has 112 valence electrons. The van der Waals surface area contributed by atoms with Crippen molar-refractivity contribution in [3.05, 3.63) is 64.2 Å². The largest absolute Gasteiger partial charge is 0.494 e. The molecule has 0 aliphatic heterocycles. The number of methoxy groups -OCH3 is 1. The summed E-state index contributed by atoms with van der Waals surface area (Å²) in [5.41, 5.74) is 1.27. The van der Waals surface area contributed by atoms with Crippen molar-refractivity contribution < 1.29 is 9.13 Å². The Morgan fingerprint density at radius 2 is 2.09 bits per heavy atom. The minimum atomic E-state index is -0.402. The highest BCUT2D eigenvalue weighted by Gasteiger charge is 2.06. The zero-order valence-corrected chi connectivity index (χ0v) is 12.6. The summed E-state index contributed by atoms with van der Waals surface area (Å²) in [6, 6.07) is 11.9. The average molecular weight is 316 g/mol. The molecule has 3 rings (SSSR count). The van der Waals surface area contributed by atoms with Crippen LogP contribution in [0.2, 0.25) is 0 Å². The van der Waals surface area contributed by atoms with Crippen molar-refractivity contribution in [1.82, 2.24) is 9.97 Å². The molecule has 0 unspecified atom stereocenters. The van der Waals surface area contributed by atoms with E-state index in [2.05, 4.69) is 9.97 Å². The second kappa shape index (κ2) is 6.19. The highest BCUT2D eigenvalue weighted by atomic mass is 32.2. The number of hydrogen-bond acceptors (Lipinski definition) is 4. The van der Waals surface area contributed by atoms with Gasteiger partial charge in [-0.3, -0.25) is 4.79 Å². The van der Waals surface area contributed by atoms with Gasteiger partial charge in [-0.25, -0.2) is 9.37 Å². The molecule has 22 heavy (non-hydrogen) atoms. The van der Waals surface area contributed by atoms with E-state index in [-0.39, 0.29) is 11.3 Å². The molecule has 0 spiro atoms. The van der Waals surface area contributed by atoms with Crippen LogP contribution in [0.15, 0.2) is 52.4 Å². The number of para-hydroxylation sites is 1. The number of rotatable bonds is 4. The lowest BCUT2D eigenvalue weighted by molar-refractivity contribution is 0.386. The average Bonchev–Trinajstić information content (AvgIpc) is 2.53. The lowest BCUT2D eigenvalue weighted by atomic mass is 10.2.